The third-order valence-electron chi connectivity index (χ3n) is 8.11. The number of rotatable bonds is 7. The van der Waals surface area contributed by atoms with Crippen LogP contribution in [0, 0.1) is 17.6 Å². The summed E-state index contributed by atoms with van der Waals surface area (Å²) in [5.41, 5.74) is -0.426. The number of fused-ring (bicyclic) bond motifs is 1. The number of halogens is 3. The third kappa shape index (κ3) is 4.66. The quantitative estimate of drug-likeness (QED) is 0.432. The van der Waals surface area contributed by atoms with Crippen LogP contribution in [0.2, 0.25) is 5.02 Å². The van der Waals surface area contributed by atoms with Crippen molar-refractivity contribution in [3.8, 4) is 0 Å². The lowest BCUT2D eigenvalue weighted by atomic mass is 9.71. The minimum absolute atomic E-state index is 0.0385. The van der Waals surface area contributed by atoms with Crippen molar-refractivity contribution < 1.29 is 18.7 Å². The molecule has 1 unspecified atom stereocenters. The maximum atomic E-state index is 16.3. The van der Waals surface area contributed by atoms with Crippen LogP contribution in [-0.4, -0.2) is 58.1 Å². The number of aromatic nitrogens is 2. The van der Waals surface area contributed by atoms with E-state index < -0.39 is 29.1 Å². The van der Waals surface area contributed by atoms with E-state index in [4.69, 9.17) is 11.6 Å². The molecule has 3 aliphatic rings. The van der Waals surface area contributed by atoms with Crippen LogP contribution >= 0.6 is 11.6 Å². The van der Waals surface area contributed by atoms with Gasteiger partial charge in [0.05, 0.1) is 22.7 Å². The van der Waals surface area contributed by atoms with Gasteiger partial charge in [-0.2, -0.15) is 0 Å². The Labute approximate surface area is 230 Å². The van der Waals surface area contributed by atoms with Crippen LogP contribution in [0.5, 0.6) is 0 Å². The monoisotopic (exact) mass is 553 g/mol. The molecule has 2 atom stereocenters. The Bertz CT molecular complexity index is 1430. The Morgan fingerprint density at radius 3 is 2.59 bits per heavy atom. The zero-order chi connectivity index (χ0) is 27.5. The van der Waals surface area contributed by atoms with Gasteiger partial charge in [-0.3, -0.25) is 14.6 Å². The van der Waals surface area contributed by atoms with Gasteiger partial charge in [-0.25, -0.2) is 18.7 Å². The van der Waals surface area contributed by atoms with Crippen LogP contribution < -0.4 is 10.2 Å². The van der Waals surface area contributed by atoms with E-state index in [1.165, 1.54) is 36.2 Å². The number of aliphatic hydroxyl groups is 1. The van der Waals surface area contributed by atoms with E-state index in [2.05, 4.69) is 20.2 Å². The molecule has 1 saturated carbocycles. The average Bonchev–Trinajstić information content (AvgIpc) is 3.72. The molecule has 7 nitrogen and oxygen atoms in total. The van der Waals surface area contributed by atoms with Crippen molar-refractivity contribution in [2.45, 2.75) is 44.2 Å². The van der Waals surface area contributed by atoms with Crippen molar-refractivity contribution >= 4 is 29.1 Å². The third-order valence-corrected chi connectivity index (χ3v) is 8.40. The summed E-state index contributed by atoms with van der Waals surface area (Å²) in [6.45, 7) is 5.92. The summed E-state index contributed by atoms with van der Waals surface area (Å²) < 4.78 is 31.9. The van der Waals surface area contributed by atoms with Crippen LogP contribution in [0.4, 0.5) is 20.4 Å². The Kier molecular flexibility index (Phi) is 6.56. The lowest BCUT2D eigenvalue weighted by Crippen LogP contribution is -2.55. The molecular weight excluding hydrogens is 524 g/mol. The number of anilines is 2. The molecule has 1 aromatic carbocycles. The summed E-state index contributed by atoms with van der Waals surface area (Å²) in [7, 11) is 0. The second kappa shape index (κ2) is 9.80. The van der Waals surface area contributed by atoms with Crippen molar-refractivity contribution in [1.29, 1.82) is 0 Å². The molecule has 6 rings (SSSR count). The molecule has 4 heterocycles. The predicted molar refractivity (Wildman–Crippen MR) is 145 cm³/mol. The van der Waals surface area contributed by atoms with Gasteiger partial charge >= 0.3 is 0 Å². The topological polar surface area (TPSA) is 81.6 Å². The number of nitrogens with zero attached hydrogens (tertiary/aromatic N) is 4. The lowest BCUT2D eigenvalue weighted by molar-refractivity contribution is 0.0968. The molecule has 2 aromatic heterocycles. The van der Waals surface area contributed by atoms with E-state index in [1.54, 1.807) is 38.1 Å². The number of hydrogen-bond donors (Lipinski definition) is 2. The molecule has 2 N–H and O–H groups in total. The van der Waals surface area contributed by atoms with Gasteiger partial charge in [-0.15, -0.1) is 0 Å². The summed E-state index contributed by atoms with van der Waals surface area (Å²) in [6, 6.07) is 7.95. The van der Waals surface area contributed by atoms with Gasteiger partial charge in [0.1, 0.15) is 11.6 Å². The van der Waals surface area contributed by atoms with E-state index in [0.717, 1.165) is 25.6 Å². The van der Waals surface area contributed by atoms with E-state index in [9.17, 15) is 9.90 Å². The SMILES string of the molecule is CC(O)c1ccc(N2C[C@](C)(c3cccc(Cl)c3F)c3c(cnc(NC4CN(CC5CC5)C4)c3F)C2=O)nc1. The summed E-state index contributed by atoms with van der Waals surface area (Å²) in [5.74, 6) is -0.681. The molecule has 0 bridgehead atoms. The maximum absolute atomic E-state index is 16.3. The molecule has 0 radical (unpaired) electrons. The maximum Gasteiger partial charge on any atom is 0.261 e. The molecule has 10 heteroatoms. The molecule has 3 aromatic rings. The number of carbonyl (C=O) groups is 1. The van der Waals surface area contributed by atoms with Crippen LogP contribution in [0.25, 0.3) is 0 Å². The fourth-order valence-corrected chi connectivity index (χ4v) is 5.88. The number of nitrogens with one attached hydrogen (secondary N) is 1. The highest BCUT2D eigenvalue weighted by Crippen LogP contribution is 2.44. The second-order valence-electron chi connectivity index (χ2n) is 11.2. The van der Waals surface area contributed by atoms with E-state index >= 15 is 8.78 Å². The molecule has 0 spiro atoms. The molecule has 39 heavy (non-hydrogen) atoms. The van der Waals surface area contributed by atoms with Crippen molar-refractivity contribution in [3.63, 3.8) is 0 Å². The zero-order valence-corrected chi connectivity index (χ0v) is 22.6. The summed E-state index contributed by atoms with van der Waals surface area (Å²) >= 11 is 6.16. The second-order valence-corrected chi connectivity index (χ2v) is 11.6. The number of pyridine rings is 2. The minimum Gasteiger partial charge on any atom is -0.389 e. The molecule has 1 saturated heterocycles. The van der Waals surface area contributed by atoms with Gasteiger partial charge in [-0.05, 0) is 50.3 Å². The zero-order valence-electron chi connectivity index (χ0n) is 21.8. The Morgan fingerprint density at radius 2 is 1.92 bits per heavy atom. The molecule has 2 aliphatic heterocycles. The number of benzene rings is 1. The Hall–Kier alpha value is -3.14. The number of carbonyl (C=O) groups excluding carboxylic acids is 1. The van der Waals surface area contributed by atoms with E-state index in [-0.39, 0.29) is 40.1 Å². The number of likely N-dealkylation sites (tertiary alicyclic amines) is 1. The highest BCUT2D eigenvalue weighted by atomic mass is 35.5. The number of aliphatic hydroxyl groups excluding tert-OH is 1. The van der Waals surface area contributed by atoms with Crippen molar-refractivity contribution in [2.24, 2.45) is 5.92 Å². The fourth-order valence-electron chi connectivity index (χ4n) is 5.71. The molecule has 1 amide bonds. The highest BCUT2D eigenvalue weighted by molar-refractivity contribution is 6.30. The Morgan fingerprint density at radius 1 is 1.15 bits per heavy atom. The van der Waals surface area contributed by atoms with E-state index in [1.807, 2.05) is 0 Å². The minimum atomic E-state index is -1.30. The normalized spacial score (nSPS) is 22.4. The summed E-state index contributed by atoms with van der Waals surface area (Å²) in [5, 5.41) is 13.0. The predicted octanol–water partition coefficient (Wildman–Crippen LogP) is 4.93. The van der Waals surface area contributed by atoms with Crippen LogP contribution in [0.3, 0.4) is 0 Å². The van der Waals surface area contributed by atoms with Gasteiger partial charge in [0.15, 0.2) is 11.6 Å². The van der Waals surface area contributed by atoms with Gasteiger partial charge in [0.25, 0.3) is 5.91 Å². The van der Waals surface area contributed by atoms with Crippen molar-refractivity contribution in [1.82, 2.24) is 14.9 Å². The standard InChI is InChI=1S/C29H30ClF2N5O2/c1-16(38)18-8-9-23(33-10-18)37-15-29(2,21-4-3-5-22(30)25(21)31)24-20(28(37)39)11-34-27(26(24)32)35-19-13-36(14-19)12-17-6-7-17/h3-5,8-11,16-17,19,38H,6-7,12-15H2,1-2H3,(H,34,35)/t16?,29-/m1/s1. The van der Waals surface area contributed by atoms with Gasteiger partial charge in [-0.1, -0.05) is 29.8 Å². The van der Waals surface area contributed by atoms with Crippen LogP contribution in [0.15, 0.2) is 42.7 Å². The first-order chi connectivity index (χ1) is 18.7. The highest BCUT2D eigenvalue weighted by Gasteiger charge is 2.47. The molecule has 204 valence electrons. The summed E-state index contributed by atoms with van der Waals surface area (Å²) in [6.07, 6.45) is 4.67. The average molecular weight is 554 g/mol. The first-order valence-corrected chi connectivity index (χ1v) is 13.6. The first-order valence-electron chi connectivity index (χ1n) is 13.2. The number of hydrogen-bond acceptors (Lipinski definition) is 6. The molecule has 2 fully saturated rings. The van der Waals surface area contributed by atoms with Gasteiger partial charge in [0, 0.05) is 55.1 Å². The van der Waals surface area contributed by atoms with E-state index in [0.29, 0.717) is 11.4 Å². The first kappa shape index (κ1) is 26.1. The molecule has 1 aliphatic carbocycles. The summed E-state index contributed by atoms with van der Waals surface area (Å²) in [4.78, 5) is 26.1. The lowest BCUT2D eigenvalue weighted by Gasteiger charge is -2.43. The van der Waals surface area contributed by atoms with Crippen molar-refractivity contribution in [3.05, 3.63) is 81.6 Å². The number of amides is 1. The Balaban J connectivity index is 1.40. The van der Waals surface area contributed by atoms with Crippen LogP contribution in [0.1, 0.15) is 59.8 Å². The largest absolute Gasteiger partial charge is 0.389 e. The fraction of sp³-hybridized carbons (Fsp3) is 0.414. The van der Waals surface area contributed by atoms with Crippen LogP contribution in [-0.2, 0) is 5.41 Å². The smallest absolute Gasteiger partial charge is 0.261 e. The van der Waals surface area contributed by atoms with Crippen molar-refractivity contribution in [2.75, 3.05) is 36.4 Å². The molecular formula is C29H30ClF2N5O2. The van der Waals surface area contributed by atoms with Gasteiger partial charge < -0.3 is 10.4 Å². The van der Waals surface area contributed by atoms with Gasteiger partial charge in [0.2, 0.25) is 0 Å².